The van der Waals surface area contributed by atoms with Crippen LogP contribution in [0.3, 0.4) is 0 Å². The topological polar surface area (TPSA) is 96.3 Å². The molecule has 1 unspecified atom stereocenters. The summed E-state index contributed by atoms with van der Waals surface area (Å²) < 4.78 is 36.9. The Labute approximate surface area is 129 Å². The minimum absolute atomic E-state index is 0.0538. The van der Waals surface area contributed by atoms with Crippen molar-refractivity contribution in [3.8, 4) is 0 Å². The van der Waals surface area contributed by atoms with Crippen molar-refractivity contribution in [2.24, 2.45) is 0 Å². The molecule has 2 N–H and O–H groups in total. The summed E-state index contributed by atoms with van der Waals surface area (Å²) in [6, 6.07) is 4.17. The van der Waals surface area contributed by atoms with Gasteiger partial charge in [0.2, 0.25) is 0 Å². The van der Waals surface area contributed by atoms with Gasteiger partial charge in [0.05, 0.1) is 22.8 Å². The van der Waals surface area contributed by atoms with Gasteiger partial charge in [-0.3, -0.25) is 14.5 Å². The molecule has 3 rings (SSSR count). The van der Waals surface area contributed by atoms with Gasteiger partial charge >= 0.3 is 0 Å². The van der Waals surface area contributed by atoms with Crippen LogP contribution in [-0.4, -0.2) is 43.9 Å². The Morgan fingerprint density at radius 3 is 2.64 bits per heavy atom. The van der Waals surface area contributed by atoms with Crippen molar-refractivity contribution in [3.63, 3.8) is 0 Å². The average molecular weight is 329 g/mol. The van der Waals surface area contributed by atoms with Gasteiger partial charge in [-0.2, -0.15) is 8.42 Å². The minimum atomic E-state index is -4.29. The van der Waals surface area contributed by atoms with Gasteiger partial charge in [-0.1, -0.05) is 0 Å². The lowest BCUT2D eigenvalue weighted by molar-refractivity contribution is -0.0470. The first-order valence-corrected chi connectivity index (χ1v) is 8.71. The lowest BCUT2D eigenvalue weighted by Gasteiger charge is -2.36. The van der Waals surface area contributed by atoms with Crippen LogP contribution in [0.1, 0.15) is 30.9 Å². The maximum Gasteiger partial charge on any atom is 0.294 e. The molecule has 2 aliphatic heterocycles. The third kappa shape index (κ3) is 3.26. The summed E-state index contributed by atoms with van der Waals surface area (Å²) in [6.07, 6.45) is 1.32. The summed E-state index contributed by atoms with van der Waals surface area (Å²) in [5, 5.41) is 11.8. The molecule has 1 atom stereocenters. The number of anilines is 1. The molecule has 0 saturated carbocycles. The van der Waals surface area contributed by atoms with Gasteiger partial charge in [-0.05, 0) is 37.5 Å². The maximum absolute atomic E-state index is 11.2. The fourth-order valence-electron chi connectivity index (χ4n) is 2.77. The number of ether oxygens (including phenoxy) is 1. The summed E-state index contributed by atoms with van der Waals surface area (Å²) >= 11 is 0. The Kier molecular flexibility index (Phi) is 4.37. The third-order valence-corrected chi connectivity index (χ3v) is 4.82. The van der Waals surface area contributed by atoms with Crippen molar-refractivity contribution in [1.29, 1.82) is 0 Å². The van der Waals surface area contributed by atoms with Crippen molar-refractivity contribution < 1.29 is 27.7 Å². The van der Waals surface area contributed by atoms with Gasteiger partial charge < -0.3 is 9.84 Å². The van der Waals surface area contributed by atoms with Crippen molar-refractivity contribution in [3.05, 3.63) is 23.8 Å². The van der Waals surface area contributed by atoms with Gasteiger partial charge in [-0.15, -0.1) is 0 Å². The van der Waals surface area contributed by atoms with E-state index in [4.69, 9.17) is 14.1 Å². The van der Waals surface area contributed by atoms with Crippen LogP contribution in [0.25, 0.3) is 0 Å². The van der Waals surface area contributed by atoms with Crippen LogP contribution in [-0.2, 0) is 19.7 Å². The molecule has 0 aromatic heterocycles. The summed E-state index contributed by atoms with van der Waals surface area (Å²) in [6.45, 7) is 1.85. The molecule has 0 spiro atoms. The SMILES string of the molecule is O=S(=O)(O)c1ccc2c(c1)C(O)CCN2OC1CCOCC1. The van der Waals surface area contributed by atoms with E-state index in [-0.39, 0.29) is 11.0 Å². The zero-order chi connectivity index (χ0) is 15.7. The van der Waals surface area contributed by atoms with Crippen LogP contribution in [0.5, 0.6) is 0 Å². The highest BCUT2D eigenvalue weighted by Gasteiger charge is 2.28. The molecular weight excluding hydrogens is 310 g/mol. The summed E-state index contributed by atoms with van der Waals surface area (Å²) in [4.78, 5) is 5.74. The first kappa shape index (κ1) is 15.7. The second kappa shape index (κ2) is 6.13. The summed E-state index contributed by atoms with van der Waals surface area (Å²) in [5.74, 6) is 0. The standard InChI is InChI=1S/C14H19NO6S/c16-14-3-6-15(21-10-4-7-20-8-5-10)13-2-1-11(9-12(13)14)22(17,18)19/h1-2,9-10,14,16H,3-8H2,(H,17,18,19). The molecule has 122 valence electrons. The second-order valence-electron chi connectivity index (χ2n) is 5.52. The number of aliphatic hydroxyl groups is 1. The Morgan fingerprint density at radius 1 is 1.23 bits per heavy atom. The maximum atomic E-state index is 11.2. The highest BCUT2D eigenvalue weighted by atomic mass is 32.2. The Hall–Kier alpha value is -1.19. The molecule has 1 aromatic rings. The van der Waals surface area contributed by atoms with E-state index in [0.717, 1.165) is 12.8 Å². The van der Waals surface area contributed by atoms with E-state index in [0.29, 0.717) is 37.4 Å². The van der Waals surface area contributed by atoms with E-state index in [9.17, 15) is 13.5 Å². The fourth-order valence-corrected chi connectivity index (χ4v) is 3.29. The molecule has 1 aromatic carbocycles. The minimum Gasteiger partial charge on any atom is -0.388 e. The van der Waals surface area contributed by atoms with Crippen LogP contribution >= 0.6 is 0 Å². The molecule has 7 nitrogen and oxygen atoms in total. The van der Waals surface area contributed by atoms with E-state index in [1.165, 1.54) is 12.1 Å². The number of rotatable bonds is 3. The number of aliphatic hydroxyl groups excluding tert-OH is 1. The molecule has 0 radical (unpaired) electrons. The first-order valence-electron chi connectivity index (χ1n) is 7.27. The molecule has 0 amide bonds. The Morgan fingerprint density at radius 2 is 1.95 bits per heavy atom. The lowest BCUT2D eigenvalue weighted by atomic mass is 10.0. The van der Waals surface area contributed by atoms with Crippen LogP contribution in [0.4, 0.5) is 5.69 Å². The van der Waals surface area contributed by atoms with E-state index >= 15 is 0 Å². The highest BCUT2D eigenvalue weighted by Crippen LogP contribution is 2.36. The van der Waals surface area contributed by atoms with Gasteiger partial charge in [-0.25, -0.2) is 0 Å². The van der Waals surface area contributed by atoms with Crippen LogP contribution < -0.4 is 5.06 Å². The number of nitrogens with zero attached hydrogens (tertiary/aromatic N) is 1. The Balaban J connectivity index is 1.86. The molecule has 2 aliphatic rings. The third-order valence-electron chi connectivity index (χ3n) is 3.97. The molecule has 0 bridgehead atoms. The van der Waals surface area contributed by atoms with Gasteiger partial charge in [0.25, 0.3) is 10.1 Å². The first-order chi connectivity index (χ1) is 10.4. The monoisotopic (exact) mass is 329 g/mol. The molecule has 1 fully saturated rings. The molecule has 8 heteroatoms. The highest BCUT2D eigenvalue weighted by molar-refractivity contribution is 7.85. The zero-order valence-electron chi connectivity index (χ0n) is 12.0. The van der Waals surface area contributed by atoms with Crippen LogP contribution in [0.2, 0.25) is 0 Å². The van der Waals surface area contributed by atoms with Gasteiger partial charge in [0.15, 0.2) is 0 Å². The molecule has 22 heavy (non-hydrogen) atoms. The molecule has 0 aliphatic carbocycles. The van der Waals surface area contributed by atoms with Gasteiger partial charge in [0, 0.05) is 25.3 Å². The molecule has 1 saturated heterocycles. The largest absolute Gasteiger partial charge is 0.388 e. The van der Waals surface area contributed by atoms with Crippen molar-refractivity contribution in [2.75, 3.05) is 24.8 Å². The smallest absolute Gasteiger partial charge is 0.294 e. The Bertz CT molecular complexity index is 641. The van der Waals surface area contributed by atoms with E-state index in [2.05, 4.69) is 0 Å². The zero-order valence-corrected chi connectivity index (χ0v) is 12.8. The normalized spacial score (nSPS) is 23.4. The molecule has 2 heterocycles. The number of hydrogen-bond acceptors (Lipinski definition) is 6. The number of hydrogen-bond donors (Lipinski definition) is 2. The summed E-state index contributed by atoms with van der Waals surface area (Å²) in [7, 11) is -4.29. The predicted octanol–water partition coefficient (Wildman–Crippen LogP) is 1.29. The average Bonchev–Trinajstić information content (AvgIpc) is 2.50. The van der Waals surface area contributed by atoms with Gasteiger partial charge in [0.1, 0.15) is 0 Å². The quantitative estimate of drug-likeness (QED) is 0.807. The number of benzene rings is 1. The van der Waals surface area contributed by atoms with E-state index in [1.807, 2.05) is 0 Å². The number of fused-ring (bicyclic) bond motifs is 1. The lowest BCUT2D eigenvalue weighted by Crippen LogP contribution is -2.37. The van der Waals surface area contributed by atoms with Crippen molar-refractivity contribution in [1.82, 2.24) is 0 Å². The van der Waals surface area contributed by atoms with Crippen LogP contribution in [0.15, 0.2) is 23.1 Å². The second-order valence-corrected chi connectivity index (χ2v) is 6.94. The van der Waals surface area contributed by atoms with Crippen molar-refractivity contribution in [2.45, 2.75) is 36.4 Å². The number of hydroxylamine groups is 1. The predicted molar refractivity (Wildman–Crippen MR) is 78.1 cm³/mol. The fraction of sp³-hybridized carbons (Fsp3) is 0.571. The molecular formula is C14H19NO6S. The van der Waals surface area contributed by atoms with E-state index in [1.54, 1.807) is 11.1 Å². The van der Waals surface area contributed by atoms with E-state index < -0.39 is 16.2 Å². The van der Waals surface area contributed by atoms with Crippen molar-refractivity contribution >= 4 is 15.8 Å². The van der Waals surface area contributed by atoms with Crippen LogP contribution in [0, 0.1) is 0 Å². The summed E-state index contributed by atoms with van der Waals surface area (Å²) in [5.41, 5.74) is 1.09.